The summed E-state index contributed by atoms with van der Waals surface area (Å²) in [7, 11) is 3.41. The molecule has 3 N–H and O–H groups in total. The summed E-state index contributed by atoms with van der Waals surface area (Å²) in [5.74, 6) is 2.53. The van der Waals surface area contributed by atoms with E-state index in [4.69, 9.17) is 9.15 Å². The Morgan fingerprint density at radius 3 is 2.62 bits per heavy atom. The van der Waals surface area contributed by atoms with Crippen LogP contribution < -0.4 is 16.0 Å². The number of furan rings is 1. The van der Waals surface area contributed by atoms with Gasteiger partial charge in [0.2, 0.25) is 0 Å². The first-order chi connectivity index (χ1) is 15.1. The highest BCUT2D eigenvalue weighted by Gasteiger charge is 2.25. The van der Waals surface area contributed by atoms with Crippen molar-refractivity contribution >= 4 is 35.8 Å². The molecule has 3 rings (SSSR count). The number of rotatable bonds is 8. The number of carbonyl (C=O) groups excluding carboxylic acids is 1. The number of carbonyl (C=O) groups is 1. The summed E-state index contributed by atoms with van der Waals surface area (Å²) in [6.45, 7) is 6.57. The Morgan fingerprint density at radius 1 is 1.19 bits per heavy atom. The van der Waals surface area contributed by atoms with Crippen LogP contribution in [0.2, 0.25) is 0 Å². The van der Waals surface area contributed by atoms with E-state index in [1.165, 1.54) is 0 Å². The van der Waals surface area contributed by atoms with Crippen molar-refractivity contribution in [2.75, 3.05) is 53.5 Å². The first kappa shape index (κ1) is 26.1. The number of amides is 1. The van der Waals surface area contributed by atoms with Crippen molar-refractivity contribution in [3.63, 3.8) is 0 Å². The van der Waals surface area contributed by atoms with E-state index in [0.29, 0.717) is 18.7 Å². The van der Waals surface area contributed by atoms with Crippen LogP contribution in [0.15, 0.2) is 45.8 Å². The third kappa shape index (κ3) is 7.49. The highest BCUT2D eigenvalue weighted by atomic mass is 127. The van der Waals surface area contributed by atoms with Crippen LogP contribution >= 0.6 is 24.0 Å². The van der Waals surface area contributed by atoms with Crippen molar-refractivity contribution in [3.8, 4) is 0 Å². The Hall–Kier alpha value is -2.11. The molecular formula is C23H34IN5O3. The van der Waals surface area contributed by atoms with E-state index >= 15 is 0 Å². The van der Waals surface area contributed by atoms with E-state index in [2.05, 4.69) is 25.8 Å². The summed E-state index contributed by atoms with van der Waals surface area (Å²) in [6, 6.07) is 11.8. The minimum Gasteiger partial charge on any atom is -0.465 e. The normalized spacial score (nSPS) is 15.5. The SMILES string of the molecule is CN=C(NCCc1cccc(C(=O)NC)c1)NCC(c1ccc(C)o1)N1CCOCC1.I. The Balaban J connectivity index is 0.00000363. The van der Waals surface area contributed by atoms with Gasteiger partial charge in [-0.1, -0.05) is 12.1 Å². The molecule has 1 unspecified atom stereocenters. The van der Waals surface area contributed by atoms with Crippen LogP contribution in [0.5, 0.6) is 0 Å². The second-order valence-electron chi connectivity index (χ2n) is 7.52. The molecule has 1 saturated heterocycles. The zero-order valence-electron chi connectivity index (χ0n) is 19.0. The minimum absolute atomic E-state index is 0. The molecule has 0 spiro atoms. The van der Waals surface area contributed by atoms with Crippen LogP contribution in [-0.4, -0.2) is 70.3 Å². The second kappa shape index (κ2) is 13.4. The zero-order chi connectivity index (χ0) is 22.1. The number of aryl methyl sites for hydroxylation is 1. The number of nitrogens with one attached hydrogen (secondary N) is 3. The third-order valence-electron chi connectivity index (χ3n) is 5.38. The van der Waals surface area contributed by atoms with Gasteiger partial charge in [-0.2, -0.15) is 0 Å². The van der Waals surface area contributed by atoms with Crippen LogP contribution in [0.25, 0.3) is 0 Å². The number of hydrogen-bond donors (Lipinski definition) is 3. The van der Waals surface area contributed by atoms with Gasteiger partial charge in [0.1, 0.15) is 11.5 Å². The number of nitrogens with zero attached hydrogens (tertiary/aromatic N) is 2. The molecule has 1 aliphatic heterocycles. The van der Waals surface area contributed by atoms with Gasteiger partial charge in [-0.05, 0) is 43.2 Å². The van der Waals surface area contributed by atoms with Gasteiger partial charge in [0.15, 0.2) is 5.96 Å². The summed E-state index contributed by atoms with van der Waals surface area (Å²) in [6.07, 6.45) is 0.788. The number of guanidine groups is 1. The van der Waals surface area contributed by atoms with Crippen LogP contribution in [0.3, 0.4) is 0 Å². The first-order valence-corrected chi connectivity index (χ1v) is 10.7. The van der Waals surface area contributed by atoms with Gasteiger partial charge in [0.05, 0.1) is 19.3 Å². The number of ether oxygens (including phenoxy) is 1. The predicted molar refractivity (Wildman–Crippen MR) is 137 cm³/mol. The average molecular weight is 555 g/mol. The highest BCUT2D eigenvalue weighted by Crippen LogP contribution is 2.23. The molecule has 2 aromatic rings. The Bertz CT molecular complexity index is 880. The summed E-state index contributed by atoms with van der Waals surface area (Å²) in [5.41, 5.74) is 1.77. The lowest BCUT2D eigenvalue weighted by Gasteiger charge is -2.33. The van der Waals surface area contributed by atoms with E-state index in [0.717, 1.165) is 55.8 Å². The molecule has 2 heterocycles. The van der Waals surface area contributed by atoms with E-state index in [9.17, 15) is 4.79 Å². The Labute approximate surface area is 207 Å². The molecule has 1 aliphatic rings. The highest BCUT2D eigenvalue weighted by molar-refractivity contribution is 14.0. The van der Waals surface area contributed by atoms with Crippen LogP contribution in [-0.2, 0) is 11.2 Å². The number of halogens is 1. The van der Waals surface area contributed by atoms with Crippen molar-refractivity contribution < 1.29 is 13.9 Å². The maximum Gasteiger partial charge on any atom is 0.251 e. The molecule has 1 atom stereocenters. The van der Waals surface area contributed by atoms with E-state index in [1.54, 1.807) is 14.1 Å². The van der Waals surface area contributed by atoms with Gasteiger partial charge in [-0.25, -0.2) is 0 Å². The average Bonchev–Trinajstić information content (AvgIpc) is 3.24. The van der Waals surface area contributed by atoms with Crippen LogP contribution in [0.1, 0.15) is 33.5 Å². The quantitative estimate of drug-likeness (QED) is 0.263. The fraction of sp³-hybridized carbons (Fsp3) is 0.478. The topological polar surface area (TPSA) is 91.1 Å². The lowest BCUT2D eigenvalue weighted by molar-refractivity contribution is 0.0124. The fourth-order valence-corrected chi connectivity index (χ4v) is 3.68. The Morgan fingerprint density at radius 2 is 1.97 bits per heavy atom. The number of benzene rings is 1. The predicted octanol–water partition coefficient (Wildman–Crippen LogP) is 2.35. The van der Waals surface area contributed by atoms with Gasteiger partial charge in [-0.15, -0.1) is 24.0 Å². The molecular weight excluding hydrogens is 521 g/mol. The molecule has 1 aromatic carbocycles. The molecule has 0 aliphatic carbocycles. The fourth-order valence-electron chi connectivity index (χ4n) is 3.68. The zero-order valence-corrected chi connectivity index (χ0v) is 21.3. The standard InChI is InChI=1S/C23H33N5O3.HI/c1-17-7-8-21(31-17)20(28-11-13-30-14-12-28)16-27-23(25-3)26-10-9-18-5-4-6-19(15-18)22(29)24-2;/h4-8,15,20H,9-14,16H2,1-3H3,(H,24,29)(H2,25,26,27);1H. The van der Waals surface area contributed by atoms with Crippen molar-refractivity contribution in [1.82, 2.24) is 20.9 Å². The molecule has 1 fully saturated rings. The lowest BCUT2D eigenvalue weighted by atomic mass is 10.1. The minimum atomic E-state index is -0.0744. The molecule has 0 saturated carbocycles. The molecule has 8 nitrogen and oxygen atoms in total. The molecule has 176 valence electrons. The van der Waals surface area contributed by atoms with Gasteiger partial charge < -0.3 is 25.1 Å². The van der Waals surface area contributed by atoms with Gasteiger partial charge in [-0.3, -0.25) is 14.7 Å². The lowest BCUT2D eigenvalue weighted by Crippen LogP contribution is -2.46. The van der Waals surface area contributed by atoms with Gasteiger partial charge in [0, 0.05) is 45.8 Å². The molecule has 9 heteroatoms. The number of aliphatic imine (C=N–C) groups is 1. The molecule has 0 radical (unpaired) electrons. The molecule has 1 aromatic heterocycles. The molecule has 1 amide bonds. The first-order valence-electron chi connectivity index (χ1n) is 10.7. The van der Waals surface area contributed by atoms with Crippen LogP contribution in [0, 0.1) is 6.92 Å². The van der Waals surface area contributed by atoms with Gasteiger partial charge >= 0.3 is 0 Å². The second-order valence-corrected chi connectivity index (χ2v) is 7.52. The van der Waals surface area contributed by atoms with Gasteiger partial charge in [0.25, 0.3) is 5.91 Å². The summed E-state index contributed by atoms with van der Waals surface area (Å²) < 4.78 is 11.4. The monoisotopic (exact) mass is 555 g/mol. The Kier molecular flexibility index (Phi) is 11.0. The smallest absolute Gasteiger partial charge is 0.251 e. The maximum absolute atomic E-state index is 11.8. The third-order valence-corrected chi connectivity index (χ3v) is 5.38. The molecule has 0 bridgehead atoms. The largest absolute Gasteiger partial charge is 0.465 e. The maximum atomic E-state index is 11.8. The van der Waals surface area contributed by atoms with E-state index in [-0.39, 0.29) is 35.9 Å². The van der Waals surface area contributed by atoms with Crippen molar-refractivity contribution in [1.29, 1.82) is 0 Å². The van der Waals surface area contributed by atoms with E-state index in [1.807, 2.05) is 43.3 Å². The summed E-state index contributed by atoms with van der Waals surface area (Å²) in [5, 5.41) is 9.45. The van der Waals surface area contributed by atoms with E-state index < -0.39 is 0 Å². The molecule has 32 heavy (non-hydrogen) atoms. The summed E-state index contributed by atoms with van der Waals surface area (Å²) in [4.78, 5) is 18.5. The summed E-state index contributed by atoms with van der Waals surface area (Å²) >= 11 is 0. The number of hydrogen-bond acceptors (Lipinski definition) is 5. The van der Waals surface area contributed by atoms with Crippen molar-refractivity contribution in [2.24, 2.45) is 4.99 Å². The van der Waals surface area contributed by atoms with Crippen molar-refractivity contribution in [2.45, 2.75) is 19.4 Å². The van der Waals surface area contributed by atoms with Crippen LogP contribution in [0.4, 0.5) is 0 Å². The number of morpholine rings is 1. The van der Waals surface area contributed by atoms with Crippen molar-refractivity contribution in [3.05, 3.63) is 59.0 Å².